The predicted octanol–water partition coefficient (Wildman–Crippen LogP) is 3.91. The normalized spacial score (nSPS) is 11.1. The maximum Gasteiger partial charge on any atom is 0.0967 e. The number of hydrogen-bond acceptors (Lipinski definition) is 2. The molecule has 0 aliphatic rings. The minimum absolute atomic E-state index is 0.902. The van der Waals surface area contributed by atoms with Crippen molar-refractivity contribution >= 4 is 28.9 Å². The van der Waals surface area contributed by atoms with E-state index in [1.807, 2.05) is 38.1 Å². The fourth-order valence-corrected chi connectivity index (χ4v) is 1.72. The summed E-state index contributed by atoms with van der Waals surface area (Å²) in [6, 6.07) is 8.15. The van der Waals surface area contributed by atoms with Crippen LogP contribution in [0.1, 0.15) is 18.2 Å². The number of aromatic nitrogens is 1. The van der Waals surface area contributed by atoms with Gasteiger partial charge in [-0.2, -0.15) is 0 Å². The Balaban J connectivity index is 2.86. The van der Waals surface area contributed by atoms with Crippen LogP contribution in [-0.4, -0.2) is 11.2 Å². The number of aliphatic imine (C=N–C) groups is 1. The van der Waals surface area contributed by atoms with Gasteiger partial charge in [0.05, 0.1) is 11.2 Å². The van der Waals surface area contributed by atoms with Crippen molar-refractivity contribution in [1.82, 2.24) is 4.98 Å². The molecule has 0 bridgehead atoms. The summed E-state index contributed by atoms with van der Waals surface area (Å²) >= 11 is 0. The minimum atomic E-state index is 0.902. The van der Waals surface area contributed by atoms with Gasteiger partial charge in [0.25, 0.3) is 0 Å². The van der Waals surface area contributed by atoms with E-state index in [9.17, 15) is 0 Å². The molecule has 0 aliphatic heterocycles. The van der Waals surface area contributed by atoms with Gasteiger partial charge in [0, 0.05) is 22.9 Å². The number of nitrogens with zero attached hydrogens (tertiary/aromatic N) is 2. The van der Waals surface area contributed by atoms with E-state index in [1.54, 1.807) is 6.21 Å². The number of pyridine rings is 1. The van der Waals surface area contributed by atoms with E-state index in [4.69, 9.17) is 0 Å². The minimum Gasteiger partial charge on any atom is -0.259 e. The van der Waals surface area contributed by atoms with E-state index in [-0.39, 0.29) is 0 Å². The van der Waals surface area contributed by atoms with Crippen LogP contribution < -0.4 is 0 Å². The second-order valence-electron chi connectivity index (χ2n) is 3.62. The van der Waals surface area contributed by atoms with Gasteiger partial charge in [0.15, 0.2) is 0 Å². The van der Waals surface area contributed by atoms with Crippen LogP contribution in [0.2, 0.25) is 0 Å². The first-order valence-electron chi connectivity index (χ1n) is 5.27. The molecule has 2 aromatic rings. The van der Waals surface area contributed by atoms with Crippen LogP contribution >= 0.6 is 0 Å². The topological polar surface area (TPSA) is 25.2 Å². The summed E-state index contributed by atoms with van der Waals surface area (Å²) in [5.41, 5.74) is 3.86. The molecule has 0 spiro atoms. The summed E-state index contributed by atoms with van der Waals surface area (Å²) in [6.45, 7) is 7.69. The number of benzene rings is 1. The molecule has 16 heavy (non-hydrogen) atoms. The fraction of sp³-hybridized carbons (Fsp3) is 0.143. The molecular formula is C14H14N2. The summed E-state index contributed by atoms with van der Waals surface area (Å²) < 4.78 is 0. The Kier molecular flexibility index (Phi) is 2.82. The highest BCUT2D eigenvalue weighted by Gasteiger charge is 2.05. The smallest absolute Gasteiger partial charge is 0.0967 e. The van der Waals surface area contributed by atoms with Crippen LogP contribution in [0, 0.1) is 6.92 Å². The second kappa shape index (κ2) is 4.27. The Labute approximate surface area is 95.4 Å². The number of rotatable bonds is 2. The van der Waals surface area contributed by atoms with Gasteiger partial charge in [-0.15, -0.1) is 0 Å². The molecule has 2 heteroatoms. The van der Waals surface area contributed by atoms with Gasteiger partial charge in [-0.3, -0.25) is 9.98 Å². The van der Waals surface area contributed by atoms with E-state index >= 15 is 0 Å². The highest BCUT2D eigenvalue weighted by molar-refractivity contribution is 5.94. The molecule has 80 valence electrons. The molecule has 0 saturated heterocycles. The van der Waals surface area contributed by atoms with Gasteiger partial charge >= 0.3 is 0 Å². The molecule has 1 aromatic carbocycles. The number of hydrogen-bond donors (Lipinski definition) is 0. The van der Waals surface area contributed by atoms with E-state index in [1.165, 1.54) is 0 Å². The van der Waals surface area contributed by atoms with Gasteiger partial charge in [0.2, 0.25) is 0 Å². The molecule has 1 aromatic heterocycles. The highest BCUT2D eigenvalue weighted by atomic mass is 14.8. The van der Waals surface area contributed by atoms with Crippen LogP contribution in [-0.2, 0) is 0 Å². The van der Waals surface area contributed by atoms with Crippen LogP contribution in [0.15, 0.2) is 35.8 Å². The molecule has 1 heterocycles. The molecule has 0 atom stereocenters. The summed E-state index contributed by atoms with van der Waals surface area (Å²) in [6.07, 6.45) is 3.59. The third kappa shape index (κ3) is 1.74. The van der Waals surface area contributed by atoms with Crippen molar-refractivity contribution < 1.29 is 0 Å². The lowest BCUT2D eigenvalue weighted by Crippen LogP contribution is -1.86. The SMILES string of the molecule is C=Cc1ccc2ccc(C)nc2c1N=CC. The predicted molar refractivity (Wildman–Crippen MR) is 70.4 cm³/mol. The average Bonchev–Trinajstić information content (AvgIpc) is 2.30. The average molecular weight is 210 g/mol. The lowest BCUT2D eigenvalue weighted by Gasteiger charge is -2.05. The summed E-state index contributed by atoms with van der Waals surface area (Å²) in [7, 11) is 0. The van der Waals surface area contributed by atoms with Crippen LogP contribution in [0.4, 0.5) is 5.69 Å². The molecule has 0 amide bonds. The zero-order valence-electron chi connectivity index (χ0n) is 9.57. The Bertz CT molecular complexity index is 568. The monoisotopic (exact) mass is 210 g/mol. The molecular weight excluding hydrogens is 196 g/mol. The van der Waals surface area contributed by atoms with Gasteiger partial charge in [-0.1, -0.05) is 30.9 Å². The third-order valence-electron chi connectivity index (χ3n) is 2.48. The summed E-state index contributed by atoms with van der Waals surface area (Å²) in [5, 5.41) is 1.11. The molecule has 2 nitrogen and oxygen atoms in total. The van der Waals surface area contributed by atoms with E-state index in [2.05, 4.69) is 22.6 Å². The first-order chi connectivity index (χ1) is 7.76. The maximum absolute atomic E-state index is 4.54. The Morgan fingerprint density at radius 1 is 1.25 bits per heavy atom. The van der Waals surface area contributed by atoms with Gasteiger partial charge < -0.3 is 0 Å². The van der Waals surface area contributed by atoms with Crippen LogP contribution in [0.3, 0.4) is 0 Å². The first-order valence-corrected chi connectivity index (χ1v) is 5.27. The quantitative estimate of drug-likeness (QED) is 0.690. The van der Waals surface area contributed by atoms with Crippen molar-refractivity contribution in [2.75, 3.05) is 0 Å². The Morgan fingerprint density at radius 2 is 2.00 bits per heavy atom. The van der Waals surface area contributed by atoms with Crippen molar-refractivity contribution in [2.24, 2.45) is 4.99 Å². The Morgan fingerprint density at radius 3 is 2.69 bits per heavy atom. The van der Waals surface area contributed by atoms with Crippen molar-refractivity contribution in [3.05, 3.63) is 42.1 Å². The van der Waals surface area contributed by atoms with Gasteiger partial charge in [0.1, 0.15) is 0 Å². The molecule has 0 radical (unpaired) electrons. The molecule has 0 fully saturated rings. The van der Waals surface area contributed by atoms with E-state index in [0.29, 0.717) is 0 Å². The first kappa shape index (κ1) is 10.6. The summed E-state index contributed by atoms with van der Waals surface area (Å²) in [4.78, 5) is 8.93. The lowest BCUT2D eigenvalue weighted by molar-refractivity contribution is 1.25. The van der Waals surface area contributed by atoms with Crippen molar-refractivity contribution in [3.63, 3.8) is 0 Å². The van der Waals surface area contributed by atoms with E-state index in [0.717, 1.165) is 27.8 Å². The van der Waals surface area contributed by atoms with Crippen LogP contribution in [0.5, 0.6) is 0 Å². The number of fused-ring (bicyclic) bond motifs is 1. The fourth-order valence-electron chi connectivity index (χ4n) is 1.72. The zero-order chi connectivity index (χ0) is 11.5. The highest BCUT2D eigenvalue weighted by Crippen LogP contribution is 2.29. The van der Waals surface area contributed by atoms with E-state index < -0.39 is 0 Å². The molecule has 0 aliphatic carbocycles. The third-order valence-corrected chi connectivity index (χ3v) is 2.48. The second-order valence-corrected chi connectivity index (χ2v) is 3.62. The van der Waals surface area contributed by atoms with Crippen molar-refractivity contribution in [2.45, 2.75) is 13.8 Å². The van der Waals surface area contributed by atoms with Crippen molar-refractivity contribution in [1.29, 1.82) is 0 Å². The number of aryl methyl sites for hydroxylation is 1. The lowest BCUT2D eigenvalue weighted by atomic mass is 10.1. The summed E-state index contributed by atoms with van der Waals surface area (Å²) in [5.74, 6) is 0. The standard InChI is InChI=1S/C14H14N2/c1-4-11-8-9-12-7-6-10(3)16-14(12)13(11)15-5-2/h4-9H,1H2,2-3H3. The largest absolute Gasteiger partial charge is 0.259 e. The zero-order valence-corrected chi connectivity index (χ0v) is 9.57. The molecule has 0 N–H and O–H groups in total. The molecule has 0 unspecified atom stereocenters. The van der Waals surface area contributed by atoms with Crippen LogP contribution in [0.25, 0.3) is 17.0 Å². The molecule has 2 rings (SSSR count). The Hall–Kier alpha value is -1.96. The molecule has 0 saturated carbocycles. The van der Waals surface area contributed by atoms with Gasteiger partial charge in [-0.25, -0.2) is 0 Å². The maximum atomic E-state index is 4.54. The van der Waals surface area contributed by atoms with Crippen molar-refractivity contribution in [3.8, 4) is 0 Å². The van der Waals surface area contributed by atoms with Gasteiger partial charge in [-0.05, 0) is 19.9 Å².